The van der Waals surface area contributed by atoms with Gasteiger partial charge in [0, 0.05) is 6.04 Å². The van der Waals surface area contributed by atoms with Crippen molar-refractivity contribution in [2.75, 3.05) is 0 Å². The SMILES string of the molecule is Cc1ccc2c(c1)CCc1cc(C)ccc1C2(C[C@@H](C)N)C(N)=Nc1ccc(F)cc1. The van der Waals surface area contributed by atoms with Gasteiger partial charge in [0.15, 0.2) is 0 Å². The summed E-state index contributed by atoms with van der Waals surface area (Å²) in [6.45, 7) is 6.25. The Labute approximate surface area is 184 Å². The molecule has 0 saturated carbocycles. The van der Waals surface area contributed by atoms with Gasteiger partial charge in [0.05, 0.1) is 11.1 Å². The van der Waals surface area contributed by atoms with Gasteiger partial charge in [-0.05, 0) is 86.6 Å². The van der Waals surface area contributed by atoms with Gasteiger partial charge in [-0.25, -0.2) is 9.38 Å². The molecule has 0 spiro atoms. The van der Waals surface area contributed by atoms with E-state index in [0.29, 0.717) is 17.9 Å². The number of nitrogens with zero attached hydrogens (tertiary/aromatic N) is 1. The van der Waals surface area contributed by atoms with Gasteiger partial charge in [-0.2, -0.15) is 0 Å². The van der Waals surface area contributed by atoms with Gasteiger partial charge in [-0.1, -0.05) is 47.5 Å². The number of hydrogen-bond acceptors (Lipinski definition) is 2. The zero-order valence-corrected chi connectivity index (χ0v) is 18.5. The first kappa shape index (κ1) is 21.3. The lowest BCUT2D eigenvalue weighted by atomic mass is 9.67. The summed E-state index contributed by atoms with van der Waals surface area (Å²) in [5.74, 6) is 0.201. The van der Waals surface area contributed by atoms with Crippen molar-refractivity contribution in [3.8, 4) is 0 Å². The molecule has 1 aliphatic carbocycles. The average Bonchev–Trinajstić information content (AvgIpc) is 2.84. The van der Waals surface area contributed by atoms with E-state index in [0.717, 1.165) is 12.8 Å². The lowest BCUT2D eigenvalue weighted by Crippen LogP contribution is -2.46. The Bertz CT molecular complexity index is 1080. The maximum atomic E-state index is 13.5. The van der Waals surface area contributed by atoms with Crippen LogP contribution in [0.2, 0.25) is 0 Å². The van der Waals surface area contributed by atoms with Crippen LogP contribution in [0.15, 0.2) is 65.7 Å². The molecule has 3 aromatic rings. The fourth-order valence-electron chi connectivity index (χ4n) is 4.94. The summed E-state index contributed by atoms with van der Waals surface area (Å²) in [7, 11) is 0. The lowest BCUT2D eigenvalue weighted by Gasteiger charge is -2.37. The number of aliphatic imine (C=N–C) groups is 1. The van der Waals surface area contributed by atoms with Gasteiger partial charge in [0.25, 0.3) is 0 Å². The van der Waals surface area contributed by atoms with E-state index in [9.17, 15) is 4.39 Å². The third-order valence-electron chi connectivity index (χ3n) is 6.25. The maximum absolute atomic E-state index is 13.5. The minimum atomic E-state index is -0.648. The topological polar surface area (TPSA) is 64.4 Å². The van der Waals surface area contributed by atoms with Crippen molar-refractivity contribution in [1.82, 2.24) is 0 Å². The summed E-state index contributed by atoms with van der Waals surface area (Å²) in [5.41, 5.74) is 20.6. The van der Waals surface area contributed by atoms with Crippen molar-refractivity contribution < 1.29 is 4.39 Å². The monoisotopic (exact) mass is 415 g/mol. The molecule has 0 radical (unpaired) electrons. The number of aryl methyl sites for hydroxylation is 4. The summed E-state index contributed by atoms with van der Waals surface area (Å²) in [6, 6.07) is 19.2. The molecule has 31 heavy (non-hydrogen) atoms. The van der Waals surface area contributed by atoms with Crippen LogP contribution in [0.25, 0.3) is 0 Å². The van der Waals surface area contributed by atoms with Crippen LogP contribution in [0.4, 0.5) is 10.1 Å². The lowest BCUT2D eigenvalue weighted by molar-refractivity contribution is 0.536. The van der Waals surface area contributed by atoms with Crippen LogP contribution >= 0.6 is 0 Å². The van der Waals surface area contributed by atoms with Crippen LogP contribution in [0.3, 0.4) is 0 Å². The minimum Gasteiger partial charge on any atom is -0.386 e. The zero-order chi connectivity index (χ0) is 22.2. The highest BCUT2D eigenvalue weighted by Gasteiger charge is 2.43. The summed E-state index contributed by atoms with van der Waals surface area (Å²) in [4.78, 5) is 4.81. The molecule has 0 saturated heterocycles. The van der Waals surface area contributed by atoms with E-state index in [-0.39, 0.29) is 11.9 Å². The third-order valence-corrected chi connectivity index (χ3v) is 6.25. The highest BCUT2D eigenvalue weighted by atomic mass is 19.1. The van der Waals surface area contributed by atoms with Gasteiger partial charge in [-0.3, -0.25) is 0 Å². The first-order chi connectivity index (χ1) is 14.8. The van der Waals surface area contributed by atoms with Gasteiger partial charge >= 0.3 is 0 Å². The second kappa shape index (κ2) is 8.27. The Morgan fingerprint density at radius 2 is 1.45 bits per heavy atom. The number of hydrogen-bond donors (Lipinski definition) is 2. The number of nitrogens with two attached hydrogens (primary N) is 2. The molecule has 0 aromatic heterocycles. The van der Waals surface area contributed by atoms with E-state index >= 15 is 0 Å². The zero-order valence-electron chi connectivity index (χ0n) is 18.5. The van der Waals surface area contributed by atoms with Crippen LogP contribution < -0.4 is 11.5 Å². The standard InChI is InChI=1S/C27H30FN3/c1-17-4-12-24-20(14-17)6-7-21-15-18(2)5-13-25(21)27(24,16-19(3)29)26(30)31-23-10-8-22(28)9-11-23/h4-5,8-15,19H,6-7,16,29H2,1-3H3,(H2,30,31)/t19-/m1/s1. The minimum absolute atomic E-state index is 0.0941. The Hall–Kier alpha value is -2.98. The van der Waals surface area contributed by atoms with Crippen molar-refractivity contribution in [2.45, 2.75) is 51.5 Å². The van der Waals surface area contributed by atoms with E-state index in [4.69, 9.17) is 16.5 Å². The van der Waals surface area contributed by atoms with Crippen molar-refractivity contribution in [3.63, 3.8) is 0 Å². The second-order valence-corrected chi connectivity index (χ2v) is 8.88. The van der Waals surface area contributed by atoms with Crippen LogP contribution in [-0.4, -0.2) is 11.9 Å². The molecule has 4 heteroatoms. The highest BCUT2D eigenvalue weighted by molar-refractivity contribution is 5.98. The van der Waals surface area contributed by atoms with Gasteiger partial charge in [0.1, 0.15) is 11.7 Å². The number of benzene rings is 3. The Balaban J connectivity index is 2.04. The second-order valence-electron chi connectivity index (χ2n) is 8.88. The van der Waals surface area contributed by atoms with Crippen LogP contribution in [0, 0.1) is 19.7 Å². The first-order valence-corrected chi connectivity index (χ1v) is 10.9. The van der Waals surface area contributed by atoms with E-state index in [2.05, 4.69) is 50.2 Å². The molecular weight excluding hydrogens is 385 g/mol. The number of amidine groups is 1. The fourth-order valence-corrected chi connectivity index (χ4v) is 4.94. The molecule has 0 fully saturated rings. The predicted molar refractivity (Wildman–Crippen MR) is 126 cm³/mol. The molecule has 0 heterocycles. The highest BCUT2D eigenvalue weighted by Crippen LogP contribution is 2.44. The predicted octanol–water partition coefficient (Wildman–Crippen LogP) is 5.25. The fraction of sp³-hybridized carbons (Fsp3) is 0.296. The molecule has 0 unspecified atom stereocenters. The molecule has 3 nitrogen and oxygen atoms in total. The van der Waals surface area contributed by atoms with Crippen molar-refractivity contribution in [2.24, 2.45) is 16.5 Å². The summed E-state index contributed by atoms with van der Waals surface area (Å²) in [5, 5.41) is 0. The quantitative estimate of drug-likeness (QED) is 0.451. The Kier molecular flexibility index (Phi) is 5.67. The number of fused-ring (bicyclic) bond motifs is 2. The van der Waals surface area contributed by atoms with Crippen molar-refractivity contribution in [1.29, 1.82) is 0 Å². The molecule has 4 rings (SSSR count). The molecular formula is C27H30FN3. The smallest absolute Gasteiger partial charge is 0.123 e. The number of halogens is 1. The maximum Gasteiger partial charge on any atom is 0.123 e. The van der Waals surface area contributed by atoms with E-state index in [1.807, 2.05) is 6.92 Å². The number of rotatable bonds is 4. The van der Waals surface area contributed by atoms with Crippen LogP contribution in [0.5, 0.6) is 0 Å². The van der Waals surface area contributed by atoms with Gasteiger partial charge < -0.3 is 11.5 Å². The summed E-state index contributed by atoms with van der Waals surface area (Å²) < 4.78 is 13.5. The van der Waals surface area contributed by atoms with Gasteiger partial charge in [-0.15, -0.1) is 0 Å². The Morgan fingerprint density at radius 1 is 0.935 bits per heavy atom. The molecule has 1 aliphatic rings. The van der Waals surface area contributed by atoms with E-state index in [1.54, 1.807) is 12.1 Å². The van der Waals surface area contributed by atoms with E-state index in [1.165, 1.54) is 45.5 Å². The molecule has 4 N–H and O–H groups in total. The molecule has 3 aromatic carbocycles. The molecule has 0 amide bonds. The Morgan fingerprint density at radius 3 is 1.94 bits per heavy atom. The van der Waals surface area contributed by atoms with Gasteiger partial charge in [0.2, 0.25) is 0 Å². The van der Waals surface area contributed by atoms with Crippen molar-refractivity contribution >= 4 is 11.5 Å². The average molecular weight is 416 g/mol. The normalized spacial score (nSPS) is 16.2. The summed E-state index contributed by atoms with van der Waals surface area (Å²) >= 11 is 0. The van der Waals surface area contributed by atoms with Crippen LogP contribution in [-0.2, 0) is 18.3 Å². The molecule has 0 aliphatic heterocycles. The summed E-state index contributed by atoms with van der Waals surface area (Å²) in [6.07, 6.45) is 2.52. The largest absolute Gasteiger partial charge is 0.386 e. The third kappa shape index (κ3) is 4.00. The molecule has 160 valence electrons. The first-order valence-electron chi connectivity index (χ1n) is 10.9. The van der Waals surface area contributed by atoms with E-state index < -0.39 is 5.41 Å². The van der Waals surface area contributed by atoms with Crippen LogP contribution in [0.1, 0.15) is 46.7 Å². The van der Waals surface area contributed by atoms with Crippen molar-refractivity contribution in [3.05, 3.63) is 99.9 Å². The molecule has 0 bridgehead atoms. The molecule has 1 atom stereocenters.